The molecule has 1 N–H and O–H groups in total. The highest BCUT2D eigenvalue weighted by Crippen LogP contribution is 1.94. The Morgan fingerprint density at radius 1 is 1.50 bits per heavy atom. The third-order valence-electron chi connectivity index (χ3n) is 0.963. The van der Waals surface area contributed by atoms with Crippen molar-refractivity contribution in [2.45, 2.75) is 19.3 Å². The molecule has 3 heteroatoms. The van der Waals surface area contributed by atoms with Gasteiger partial charge < -0.3 is 5.11 Å². The Bertz CT molecular complexity index is 176. The van der Waals surface area contributed by atoms with E-state index in [2.05, 4.69) is 5.92 Å². The highest BCUT2D eigenvalue weighted by atomic mass is 16.4. The lowest BCUT2D eigenvalue weighted by Gasteiger charge is -1.89. The molecule has 0 rings (SSSR count). The Morgan fingerprint density at radius 2 is 2.10 bits per heavy atom. The second-order valence-electron chi connectivity index (χ2n) is 1.79. The van der Waals surface area contributed by atoms with Gasteiger partial charge in [0.1, 0.15) is 0 Å². The van der Waals surface area contributed by atoms with E-state index >= 15 is 0 Å². The van der Waals surface area contributed by atoms with Crippen molar-refractivity contribution in [1.82, 2.24) is 0 Å². The molecule has 54 valence electrons. The molecule has 0 aliphatic rings. The number of hydrogen-bond donors (Lipinski definition) is 1. The lowest BCUT2D eigenvalue weighted by molar-refractivity contribution is -0.149. The summed E-state index contributed by atoms with van der Waals surface area (Å²) in [6, 6.07) is 0. The number of Topliss-reactive ketones (excluding diaryl/α,β-unsaturated/α-hetero) is 1. The van der Waals surface area contributed by atoms with Crippen LogP contribution in [0.2, 0.25) is 0 Å². The molecule has 0 aliphatic carbocycles. The van der Waals surface area contributed by atoms with Gasteiger partial charge in [0, 0.05) is 12.8 Å². The second kappa shape index (κ2) is 4.57. The molecule has 0 aromatic heterocycles. The van der Waals surface area contributed by atoms with Crippen LogP contribution in [0.3, 0.4) is 0 Å². The minimum atomic E-state index is -1.38. The normalized spacial score (nSPS) is 8.30. The summed E-state index contributed by atoms with van der Waals surface area (Å²) in [5.41, 5.74) is 0. The molecule has 0 aliphatic heterocycles. The molecule has 0 atom stereocenters. The van der Waals surface area contributed by atoms with Crippen LogP contribution in [0.25, 0.3) is 0 Å². The fourth-order valence-electron chi connectivity index (χ4n) is 0.458. The van der Waals surface area contributed by atoms with Crippen LogP contribution in [0.15, 0.2) is 0 Å². The van der Waals surface area contributed by atoms with E-state index < -0.39 is 11.8 Å². The number of carbonyl (C=O) groups excluding carboxylic acids is 1. The number of carbonyl (C=O) groups is 2. The maximum atomic E-state index is 10.3. The number of carboxylic acid groups (broad SMARTS) is 1. The summed E-state index contributed by atoms with van der Waals surface area (Å²) >= 11 is 0. The summed E-state index contributed by atoms with van der Waals surface area (Å²) < 4.78 is 0. The van der Waals surface area contributed by atoms with Gasteiger partial charge in [0.15, 0.2) is 0 Å². The van der Waals surface area contributed by atoms with Gasteiger partial charge in [0.25, 0.3) is 0 Å². The molecule has 0 aromatic rings. The zero-order valence-electron chi connectivity index (χ0n) is 5.46. The third-order valence-corrected chi connectivity index (χ3v) is 0.963. The zero-order chi connectivity index (χ0) is 7.98. The molecule has 3 nitrogen and oxygen atoms in total. The number of rotatable bonds is 4. The SMILES string of the molecule is C#CCCCC(=O)C(=O)O. The Morgan fingerprint density at radius 3 is 2.50 bits per heavy atom. The largest absolute Gasteiger partial charge is 0.476 e. The molecule has 0 radical (unpaired) electrons. The maximum absolute atomic E-state index is 10.3. The van der Waals surface area contributed by atoms with Crippen LogP contribution < -0.4 is 0 Å². The van der Waals surface area contributed by atoms with Gasteiger partial charge >= 0.3 is 5.97 Å². The number of ketones is 1. The van der Waals surface area contributed by atoms with Gasteiger partial charge in [-0.3, -0.25) is 4.79 Å². The van der Waals surface area contributed by atoms with Crippen molar-refractivity contribution in [3.05, 3.63) is 0 Å². The molecular formula is C7H8O3. The third kappa shape index (κ3) is 3.67. The summed E-state index contributed by atoms with van der Waals surface area (Å²) in [5.74, 6) is 0.171. The number of hydrogen-bond acceptors (Lipinski definition) is 2. The van der Waals surface area contributed by atoms with Gasteiger partial charge in [0.05, 0.1) is 0 Å². The first kappa shape index (κ1) is 8.70. The molecule has 0 fully saturated rings. The highest BCUT2D eigenvalue weighted by Gasteiger charge is 2.08. The number of carboxylic acids is 1. The molecule has 10 heavy (non-hydrogen) atoms. The smallest absolute Gasteiger partial charge is 0.372 e. The molecular weight excluding hydrogens is 132 g/mol. The minimum Gasteiger partial charge on any atom is -0.476 e. The van der Waals surface area contributed by atoms with E-state index in [9.17, 15) is 9.59 Å². The summed E-state index contributed by atoms with van der Waals surface area (Å²) in [6.45, 7) is 0. The van der Waals surface area contributed by atoms with Gasteiger partial charge in [-0.1, -0.05) is 0 Å². The average Bonchev–Trinajstić information content (AvgIpc) is 1.88. The van der Waals surface area contributed by atoms with Gasteiger partial charge in [-0.15, -0.1) is 12.3 Å². The van der Waals surface area contributed by atoms with Crippen LogP contribution in [0.5, 0.6) is 0 Å². The van der Waals surface area contributed by atoms with Crippen LogP contribution in [-0.2, 0) is 9.59 Å². The van der Waals surface area contributed by atoms with E-state index in [1.807, 2.05) is 0 Å². The van der Waals surface area contributed by atoms with Gasteiger partial charge in [-0.05, 0) is 6.42 Å². The minimum absolute atomic E-state index is 0.0412. The van der Waals surface area contributed by atoms with Gasteiger partial charge in [0.2, 0.25) is 5.78 Å². The molecule has 0 unspecified atom stereocenters. The lowest BCUT2D eigenvalue weighted by Crippen LogP contribution is -2.11. The summed E-state index contributed by atoms with van der Waals surface area (Å²) in [7, 11) is 0. The van der Waals surface area contributed by atoms with E-state index in [0.29, 0.717) is 12.8 Å². The lowest BCUT2D eigenvalue weighted by atomic mass is 10.2. The molecule has 0 saturated carbocycles. The van der Waals surface area contributed by atoms with Crippen molar-refractivity contribution >= 4 is 11.8 Å². The quantitative estimate of drug-likeness (QED) is 0.350. The van der Waals surface area contributed by atoms with Crippen molar-refractivity contribution in [3.63, 3.8) is 0 Å². The van der Waals surface area contributed by atoms with Gasteiger partial charge in [-0.25, -0.2) is 4.79 Å². The van der Waals surface area contributed by atoms with E-state index in [4.69, 9.17) is 11.5 Å². The number of terminal acetylenes is 1. The molecule has 0 amide bonds. The van der Waals surface area contributed by atoms with Crippen molar-refractivity contribution < 1.29 is 14.7 Å². The Kier molecular flexibility index (Phi) is 3.97. The molecule has 0 bridgehead atoms. The van der Waals surface area contributed by atoms with E-state index in [0.717, 1.165) is 0 Å². The predicted molar refractivity (Wildman–Crippen MR) is 35.3 cm³/mol. The van der Waals surface area contributed by atoms with Crippen LogP contribution in [-0.4, -0.2) is 16.9 Å². The number of unbranched alkanes of at least 4 members (excludes halogenated alkanes) is 1. The number of aliphatic carboxylic acids is 1. The standard InChI is InChI=1S/C7H8O3/c1-2-3-4-5-6(8)7(9)10/h1H,3-5H2,(H,9,10). The van der Waals surface area contributed by atoms with E-state index in [1.165, 1.54) is 0 Å². The van der Waals surface area contributed by atoms with Crippen LogP contribution in [0.4, 0.5) is 0 Å². The second-order valence-corrected chi connectivity index (χ2v) is 1.79. The zero-order valence-corrected chi connectivity index (χ0v) is 5.46. The van der Waals surface area contributed by atoms with Crippen LogP contribution in [0.1, 0.15) is 19.3 Å². The molecule has 0 spiro atoms. The van der Waals surface area contributed by atoms with Crippen molar-refractivity contribution in [2.24, 2.45) is 0 Å². The average molecular weight is 140 g/mol. The summed E-state index contributed by atoms with van der Waals surface area (Å²) in [5, 5.41) is 8.08. The van der Waals surface area contributed by atoms with Crippen LogP contribution >= 0.6 is 0 Å². The maximum Gasteiger partial charge on any atom is 0.372 e. The van der Waals surface area contributed by atoms with Crippen LogP contribution in [0, 0.1) is 12.3 Å². The fourth-order valence-corrected chi connectivity index (χ4v) is 0.458. The van der Waals surface area contributed by atoms with Crippen molar-refractivity contribution in [2.75, 3.05) is 0 Å². The molecule has 0 aromatic carbocycles. The first-order valence-electron chi connectivity index (χ1n) is 2.88. The summed E-state index contributed by atoms with van der Waals surface area (Å²) in [4.78, 5) is 20.2. The summed E-state index contributed by atoms with van der Waals surface area (Å²) in [6.07, 6.45) is 5.84. The van der Waals surface area contributed by atoms with E-state index in [1.54, 1.807) is 0 Å². The Labute approximate surface area is 59.0 Å². The van der Waals surface area contributed by atoms with E-state index in [-0.39, 0.29) is 6.42 Å². The topological polar surface area (TPSA) is 54.4 Å². The Balaban J connectivity index is 3.43. The first-order chi connectivity index (χ1) is 4.68. The first-order valence-corrected chi connectivity index (χ1v) is 2.88. The van der Waals surface area contributed by atoms with Gasteiger partial charge in [-0.2, -0.15) is 0 Å². The molecule has 0 heterocycles. The highest BCUT2D eigenvalue weighted by molar-refractivity contribution is 6.32. The molecule has 0 saturated heterocycles. The van der Waals surface area contributed by atoms with Crippen molar-refractivity contribution in [1.29, 1.82) is 0 Å². The fraction of sp³-hybridized carbons (Fsp3) is 0.429. The predicted octanol–water partition coefficient (Wildman–Crippen LogP) is 0.444. The monoisotopic (exact) mass is 140 g/mol. The Hall–Kier alpha value is -1.30. The van der Waals surface area contributed by atoms with Crippen molar-refractivity contribution in [3.8, 4) is 12.3 Å².